The first-order chi connectivity index (χ1) is 17.6. The molecule has 4 rings (SSSR count). The van der Waals surface area contributed by atoms with Crippen LogP contribution in [0.15, 0.2) is 24.3 Å². The second-order valence-corrected chi connectivity index (χ2v) is 11.7. The zero-order valence-electron chi connectivity index (χ0n) is 24.0. The van der Waals surface area contributed by atoms with E-state index < -0.39 is 46.5 Å². The van der Waals surface area contributed by atoms with Gasteiger partial charge in [0.2, 0.25) is 10.0 Å². The lowest BCUT2D eigenvalue weighted by atomic mass is 9.87. The number of benzene rings is 2. The molecule has 0 bridgehead atoms. The monoisotopic (exact) mass is 526 g/mol. The van der Waals surface area contributed by atoms with Crippen molar-refractivity contribution in [3.05, 3.63) is 51.9 Å². The molecule has 3 aromatic rings. The van der Waals surface area contributed by atoms with Crippen molar-refractivity contribution in [1.29, 1.82) is 0 Å². The number of hydrogen-bond acceptors (Lipinski definition) is 4. The number of aliphatic carboxylic acids is 1. The normalized spacial score (nSPS) is 19.6. The minimum Gasteiger partial charge on any atom is -0.479 e. The zero-order valence-corrected chi connectivity index (χ0v) is 21.6. The second-order valence-electron chi connectivity index (χ2n) is 9.43. The van der Waals surface area contributed by atoms with E-state index in [2.05, 4.69) is 0 Å². The number of aromatic nitrogens is 1. The highest BCUT2D eigenvalue weighted by Gasteiger charge is 2.39. The molecule has 0 radical (unpaired) electrons. The first kappa shape index (κ1) is 20.6. The maximum atomic E-state index is 16.3. The van der Waals surface area contributed by atoms with Crippen molar-refractivity contribution in [2.24, 2.45) is 0 Å². The first-order valence-electron chi connectivity index (χ1n) is 12.7. The van der Waals surface area contributed by atoms with E-state index in [1.54, 1.807) is 20.8 Å². The van der Waals surface area contributed by atoms with Crippen molar-refractivity contribution < 1.29 is 32.9 Å². The Balaban J connectivity index is 2.38. The quantitative estimate of drug-likeness (QED) is 0.478. The van der Waals surface area contributed by atoms with Crippen molar-refractivity contribution in [1.82, 2.24) is 4.57 Å². The number of carboxylic acid groups (broad SMARTS) is 1. The standard InChI is InChI=1S/C25H28ClFN2O5S/c1-13-17(23(24(30)31)34-25(3,4)5)18(15-7-9-16(26)10-8-15)19-20(27)14(2)28-11-12-29(35(6,32)33)21(13)22(19)28/h7-10,23H,11-12H2,1-6H3,(H,30,31)/t23-/m0/s1/i11D2,12D2. The van der Waals surface area contributed by atoms with E-state index in [9.17, 15) is 18.3 Å². The maximum absolute atomic E-state index is 16.3. The predicted molar refractivity (Wildman–Crippen MR) is 135 cm³/mol. The van der Waals surface area contributed by atoms with Crippen LogP contribution in [0.2, 0.25) is 5.02 Å². The molecule has 188 valence electrons. The highest BCUT2D eigenvalue weighted by Crippen LogP contribution is 2.49. The molecular weight excluding hydrogens is 495 g/mol. The van der Waals surface area contributed by atoms with Gasteiger partial charge in [0.1, 0.15) is 0 Å². The lowest BCUT2D eigenvalue weighted by Crippen LogP contribution is -2.37. The summed E-state index contributed by atoms with van der Waals surface area (Å²) in [6, 6.07) is 6.11. The maximum Gasteiger partial charge on any atom is 0.337 e. The fourth-order valence-corrected chi connectivity index (χ4v) is 5.25. The third-order valence-electron chi connectivity index (χ3n) is 5.72. The summed E-state index contributed by atoms with van der Waals surface area (Å²) in [4.78, 5) is 12.7. The molecule has 2 aromatic carbocycles. The minimum absolute atomic E-state index is 0.0207. The van der Waals surface area contributed by atoms with Gasteiger partial charge in [-0.05, 0) is 57.9 Å². The highest BCUT2D eigenvalue weighted by atomic mass is 35.5. The van der Waals surface area contributed by atoms with Crippen LogP contribution in [-0.4, -0.2) is 42.4 Å². The fraction of sp³-hybridized carbons (Fsp3) is 0.400. The molecule has 1 N–H and O–H groups in total. The third kappa shape index (κ3) is 4.30. The van der Waals surface area contributed by atoms with Crippen LogP contribution in [0.4, 0.5) is 10.1 Å². The van der Waals surface area contributed by atoms with Crippen LogP contribution in [0.5, 0.6) is 0 Å². The number of ether oxygens (including phenoxy) is 1. The number of carboxylic acids is 1. The number of rotatable bonds is 5. The van der Waals surface area contributed by atoms with Gasteiger partial charge in [-0.15, -0.1) is 0 Å². The average molecular weight is 527 g/mol. The van der Waals surface area contributed by atoms with Crippen LogP contribution in [0.25, 0.3) is 22.0 Å². The van der Waals surface area contributed by atoms with E-state index in [1.165, 1.54) is 38.1 Å². The molecule has 0 amide bonds. The molecule has 2 heterocycles. The Kier molecular flexibility index (Phi) is 4.99. The van der Waals surface area contributed by atoms with Gasteiger partial charge < -0.3 is 14.4 Å². The Bertz CT molecular complexity index is 1630. The Hall–Kier alpha value is -2.62. The largest absolute Gasteiger partial charge is 0.479 e. The van der Waals surface area contributed by atoms with Gasteiger partial charge in [0.15, 0.2) is 11.9 Å². The first-order valence-corrected chi connectivity index (χ1v) is 12.9. The highest BCUT2D eigenvalue weighted by molar-refractivity contribution is 7.92. The Morgan fingerprint density at radius 3 is 2.34 bits per heavy atom. The van der Waals surface area contributed by atoms with E-state index in [0.29, 0.717) is 16.8 Å². The topological polar surface area (TPSA) is 88.8 Å². The van der Waals surface area contributed by atoms with E-state index >= 15 is 4.39 Å². The van der Waals surface area contributed by atoms with Gasteiger partial charge in [-0.2, -0.15) is 0 Å². The molecular formula is C25H28ClFN2O5S. The Morgan fingerprint density at radius 1 is 1.23 bits per heavy atom. The Labute approximate surface area is 214 Å². The summed E-state index contributed by atoms with van der Waals surface area (Å²) in [5.74, 6) is -2.39. The van der Waals surface area contributed by atoms with Gasteiger partial charge >= 0.3 is 5.97 Å². The van der Waals surface area contributed by atoms with Crippen molar-refractivity contribution in [2.45, 2.75) is 52.8 Å². The van der Waals surface area contributed by atoms with Crippen molar-refractivity contribution in [3.63, 3.8) is 0 Å². The number of hydrogen-bond donors (Lipinski definition) is 1. The van der Waals surface area contributed by atoms with E-state index in [4.69, 9.17) is 21.8 Å². The lowest BCUT2D eigenvalue weighted by molar-refractivity contribution is -0.160. The van der Waals surface area contributed by atoms with E-state index in [1.807, 2.05) is 0 Å². The summed E-state index contributed by atoms with van der Waals surface area (Å²) in [5, 5.41) is 10.4. The predicted octanol–water partition coefficient (Wildman–Crippen LogP) is 5.44. The summed E-state index contributed by atoms with van der Waals surface area (Å²) in [6.45, 7) is 1.26. The van der Waals surface area contributed by atoms with Gasteiger partial charge in [0.25, 0.3) is 0 Å². The lowest BCUT2D eigenvalue weighted by Gasteiger charge is -2.34. The number of nitrogens with zero attached hydrogens (tertiary/aromatic N) is 2. The van der Waals surface area contributed by atoms with Gasteiger partial charge in [-0.3, -0.25) is 4.31 Å². The molecule has 1 atom stereocenters. The molecule has 1 aromatic heterocycles. The number of aryl methyl sites for hydroxylation is 1. The molecule has 0 unspecified atom stereocenters. The molecule has 1 aliphatic rings. The molecule has 0 spiro atoms. The van der Waals surface area contributed by atoms with Crippen molar-refractivity contribution in [3.8, 4) is 11.1 Å². The number of halogens is 2. The van der Waals surface area contributed by atoms with Crippen LogP contribution in [-0.2, 0) is 26.1 Å². The molecule has 0 saturated carbocycles. The summed E-state index contributed by atoms with van der Waals surface area (Å²) < 4.78 is 84.0. The van der Waals surface area contributed by atoms with Gasteiger partial charge in [0, 0.05) is 28.0 Å². The number of sulfonamides is 1. The van der Waals surface area contributed by atoms with E-state index in [-0.39, 0.29) is 43.3 Å². The third-order valence-corrected chi connectivity index (χ3v) is 6.91. The molecule has 0 fully saturated rings. The van der Waals surface area contributed by atoms with Gasteiger partial charge in [0.05, 0.1) is 40.7 Å². The molecule has 10 heteroatoms. The fourth-order valence-electron chi connectivity index (χ4n) is 4.36. The van der Waals surface area contributed by atoms with E-state index in [0.717, 1.165) is 4.57 Å². The molecule has 0 aliphatic carbocycles. The summed E-state index contributed by atoms with van der Waals surface area (Å²) >= 11 is 6.08. The van der Waals surface area contributed by atoms with Crippen LogP contribution < -0.4 is 4.31 Å². The van der Waals surface area contributed by atoms with Crippen LogP contribution >= 0.6 is 11.6 Å². The van der Waals surface area contributed by atoms with Crippen LogP contribution in [0, 0.1) is 19.7 Å². The smallest absolute Gasteiger partial charge is 0.337 e. The second kappa shape index (κ2) is 8.50. The average Bonchev–Trinajstić information content (AvgIpc) is 3.03. The molecule has 0 saturated heterocycles. The summed E-state index contributed by atoms with van der Waals surface area (Å²) in [7, 11) is -4.52. The van der Waals surface area contributed by atoms with Crippen molar-refractivity contribution >= 4 is 44.2 Å². The SMILES string of the molecule is [2H]C1([2H])N(S(C)(=O)=O)c2c(C)c([C@H](OC(C)(C)C)C(=O)O)c(-c3ccc(Cl)cc3)c3c(F)c(C)n(c23)C1([2H])[2H]. The summed E-state index contributed by atoms with van der Waals surface area (Å²) in [5.41, 5.74) is -1.63. The molecule has 7 nitrogen and oxygen atoms in total. The number of anilines is 1. The zero-order chi connectivity index (χ0) is 29.6. The van der Waals surface area contributed by atoms with Crippen molar-refractivity contribution in [2.75, 3.05) is 17.1 Å². The van der Waals surface area contributed by atoms with Gasteiger partial charge in [-0.25, -0.2) is 17.6 Å². The van der Waals surface area contributed by atoms with Gasteiger partial charge in [-0.1, -0.05) is 23.7 Å². The summed E-state index contributed by atoms with van der Waals surface area (Å²) in [6.07, 6.45) is -1.02. The van der Waals surface area contributed by atoms with Crippen LogP contribution in [0.1, 0.15) is 49.2 Å². The van der Waals surface area contributed by atoms with Crippen LogP contribution in [0.3, 0.4) is 0 Å². The molecule has 35 heavy (non-hydrogen) atoms. The number of carbonyl (C=O) groups is 1. The Morgan fingerprint density at radius 2 is 1.83 bits per heavy atom. The minimum atomic E-state index is -4.52. The molecule has 1 aliphatic heterocycles.